The van der Waals surface area contributed by atoms with Crippen LogP contribution in [-0.4, -0.2) is 17.1 Å². The smallest absolute Gasteiger partial charge is 0.416 e. The van der Waals surface area contributed by atoms with Gasteiger partial charge in [0.25, 0.3) is 0 Å². The van der Waals surface area contributed by atoms with E-state index in [2.05, 4.69) is 5.32 Å². The molecule has 2 aliphatic rings. The van der Waals surface area contributed by atoms with Gasteiger partial charge in [-0.15, -0.1) is 0 Å². The standard InChI is InChI=1S/C28H34F3NO3/c29-28(30,31)26-15-20(11-14-25(26)21-5-2-1-3-6-21)18-35-24-12-9-19(10-13-24)17-32-23-8-4-7-22(16-23)27(33)34/h9-15,21-23,32H,1-8,16-18H2,(H,33,34). The van der Waals surface area contributed by atoms with Crippen molar-refractivity contribution in [3.63, 3.8) is 0 Å². The molecule has 0 bridgehead atoms. The van der Waals surface area contributed by atoms with Crippen LogP contribution in [0, 0.1) is 5.92 Å². The third kappa shape index (κ3) is 7.00. The second kappa shape index (κ2) is 11.5. The van der Waals surface area contributed by atoms with E-state index in [1.54, 1.807) is 12.1 Å². The maximum atomic E-state index is 13.8. The van der Waals surface area contributed by atoms with Crippen LogP contribution in [0.2, 0.25) is 0 Å². The molecular weight excluding hydrogens is 455 g/mol. The Morgan fingerprint density at radius 2 is 1.66 bits per heavy atom. The Kier molecular flexibility index (Phi) is 8.37. The zero-order chi connectivity index (χ0) is 24.8. The molecule has 190 valence electrons. The average Bonchev–Trinajstić information content (AvgIpc) is 2.87. The van der Waals surface area contributed by atoms with E-state index in [-0.39, 0.29) is 24.5 Å². The lowest BCUT2D eigenvalue weighted by molar-refractivity contribution is -0.143. The monoisotopic (exact) mass is 489 g/mol. The first-order chi connectivity index (χ1) is 16.8. The Morgan fingerprint density at radius 1 is 0.943 bits per heavy atom. The topological polar surface area (TPSA) is 58.6 Å². The highest BCUT2D eigenvalue weighted by molar-refractivity contribution is 5.70. The molecule has 0 heterocycles. The van der Waals surface area contributed by atoms with Gasteiger partial charge in [-0.2, -0.15) is 13.2 Å². The summed E-state index contributed by atoms with van der Waals surface area (Å²) in [4.78, 5) is 11.2. The fourth-order valence-corrected chi connectivity index (χ4v) is 5.44. The van der Waals surface area contributed by atoms with Gasteiger partial charge >= 0.3 is 12.1 Å². The van der Waals surface area contributed by atoms with Crippen molar-refractivity contribution in [2.24, 2.45) is 5.92 Å². The van der Waals surface area contributed by atoms with Crippen LogP contribution in [-0.2, 0) is 24.1 Å². The van der Waals surface area contributed by atoms with Gasteiger partial charge in [-0.3, -0.25) is 4.79 Å². The second-order valence-electron chi connectivity index (χ2n) is 9.97. The molecule has 2 atom stereocenters. The summed E-state index contributed by atoms with van der Waals surface area (Å²) in [7, 11) is 0. The molecule has 35 heavy (non-hydrogen) atoms. The highest BCUT2D eigenvalue weighted by Gasteiger charge is 2.35. The maximum Gasteiger partial charge on any atom is 0.416 e. The number of halogens is 3. The number of alkyl halides is 3. The van der Waals surface area contributed by atoms with Crippen molar-refractivity contribution in [1.29, 1.82) is 0 Å². The summed E-state index contributed by atoms with van der Waals surface area (Å²) in [6, 6.07) is 12.3. The van der Waals surface area contributed by atoms with E-state index in [0.717, 1.165) is 56.9 Å². The SMILES string of the molecule is O=C(O)C1CCCC(NCc2ccc(OCc3ccc(C4CCCCC4)c(C(F)(F)F)c3)cc2)C1. The fraction of sp³-hybridized carbons (Fsp3) is 0.536. The summed E-state index contributed by atoms with van der Waals surface area (Å²) in [5, 5.41) is 12.7. The lowest BCUT2D eigenvalue weighted by atomic mass is 9.81. The number of rotatable bonds is 8. The number of benzene rings is 2. The number of carboxylic acids is 1. The van der Waals surface area contributed by atoms with Crippen molar-refractivity contribution in [2.45, 2.75) is 89.1 Å². The maximum absolute atomic E-state index is 13.8. The van der Waals surface area contributed by atoms with Gasteiger partial charge in [-0.25, -0.2) is 0 Å². The van der Waals surface area contributed by atoms with Crippen LogP contribution in [0.1, 0.15) is 86.0 Å². The average molecular weight is 490 g/mol. The predicted molar refractivity (Wildman–Crippen MR) is 128 cm³/mol. The van der Waals surface area contributed by atoms with Gasteiger partial charge in [0.2, 0.25) is 0 Å². The van der Waals surface area contributed by atoms with E-state index in [4.69, 9.17) is 4.74 Å². The molecule has 2 unspecified atom stereocenters. The van der Waals surface area contributed by atoms with Gasteiger partial charge in [0.05, 0.1) is 11.5 Å². The predicted octanol–water partition coefficient (Wildman–Crippen LogP) is 7.07. The van der Waals surface area contributed by atoms with E-state index >= 15 is 0 Å². The summed E-state index contributed by atoms with van der Waals surface area (Å²) < 4.78 is 47.1. The third-order valence-electron chi connectivity index (χ3n) is 7.42. The van der Waals surface area contributed by atoms with E-state index in [1.807, 2.05) is 24.3 Å². The molecule has 2 aromatic rings. The minimum atomic E-state index is -4.37. The summed E-state index contributed by atoms with van der Waals surface area (Å²) in [6.07, 6.45) is 3.63. The molecule has 0 radical (unpaired) electrons. The van der Waals surface area contributed by atoms with Gasteiger partial charge in [-0.05, 0) is 72.9 Å². The number of carbonyl (C=O) groups is 1. The van der Waals surface area contributed by atoms with Crippen LogP contribution in [0.5, 0.6) is 5.75 Å². The molecular formula is C28H34F3NO3. The van der Waals surface area contributed by atoms with Crippen molar-refractivity contribution in [2.75, 3.05) is 0 Å². The van der Waals surface area contributed by atoms with Gasteiger partial charge in [0.15, 0.2) is 0 Å². The Bertz CT molecular complexity index is 984. The highest BCUT2D eigenvalue weighted by atomic mass is 19.4. The molecule has 7 heteroatoms. The zero-order valence-corrected chi connectivity index (χ0v) is 19.9. The quantitative estimate of drug-likeness (QED) is 0.417. The van der Waals surface area contributed by atoms with Crippen molar-refractivity contribution in [3.05, 3.63) is 64.7 Å². The minimum absolute atomic E-state index is 0.0138. The van der Waals surface area contributed by atoms with Crippen LogP contribution in [0.3, 0.4) is 0 Å². The molecule has 0 spiro atoms. The van der Waals surface area contributed by atoms with E-state index < -0.39 is 17.7 Å². The van der Waals surface area contributed by atoms with Crippen molar-refractivity contribution >= 4 is 5.97 Å². The Morgan fingerprint density at radius 3 is 2.34 bits per heavy atom. The first-order valence-corrected chi connectivity index (χ1v) is 12.7. The molecule has 4 nitrogen and oxygen atoms in total. The lowest BCUT2D eigenvalue weighted by Crippen LogP contribution is -2.36. The minimum Gasteiger partial charge on any atom is -0.489 e. The highest BCUT2D eigenvalue weighted by Crippen LogP contribution is 2.41. The van der Waals surface area contributed by atoms with Gasteiger partial charge in [0, 0.05) is 12.6 Å². The molecule has 4 rings (SSSR count). The molecule has 0 saturated heterocycles. The second-order valence-corrected chi connectivity index (χ2v) is 9.97. The van der Waals surface area contributed by atoms with Gasteiger partial charge in [0.1, 0.15) is 12.4 Å². The van der Waals surface area contributed by atoms with Gasteiger partial charge in [-0.1, -0.05) is 49.9 Å². The van der Waals surface area contributed by atoms with Crippen molar-refractivity contribution in [1.82, 2.24) is 5.32 Å². The summed E-state index contributed by atoms with van der Waals surface area (Å²) >= 11 is 0. The van der Waals surface area contributed by atoms with Crippen molar-refractivity contribution < 1.29 is 27.8 Å². The molecule has 0 aliphatic heterocycles. The molecule has 0 amide bonds. The van der Waals surface area contributed by atoms with Crippen LogP contribution < -0.4 is 10.1 Å². The zero-order valence-electron chi connectivity index (χ0n) is 19.9. The van der Waals surface area contributed by atoms with Gasteiger partial charge < -0.3 is 15.2 Å². The molecule has 2 N–H and O–H groups in total. The summed E-state index contributed by atoms with van der Waals surface area (Å²) in [6.45, 7) is 0.707. The normalized spacial score (nSPS) is 21.6. The molecule has 2 fully saturated rings. The number of ether oxygens (including phenoxy) is 1. The van der Waals surface area contributed by atoms with E-state index in [9.17, 15) is 23.1 Å². The largest absolute Gasteiger partial charge is 0.489 e. The first-order valence-electron chi connectivity index (χ1n) is 12.7. The summed E-state index contributed by atoms with van der Waals surface area (Å²) in [5.41, 5.74) is 1.45. The molecule has 2 saturated carbocycles. The molecule has 2 aromatic carbocycles. The Labute approximate surface area is 204 Å². The Hall–Kier alpha value is -2.54. The Balaban J connectivity index is 1.32. The van der Waals surface area contributed by atoms with Crippen LogP contribution in [0.4, 0.5) is 13.2 Å². The van der Waals surface area contributed by atoms with Crippen LogP contribution in [0.15, 0.2) is 42.5 Å². The fourth-order valence-electron chi connectivity index (χ4n) is 5.44. The summed E-state index contributed by atoms with van der Waals surface area (Å²) in [5.74, 6) is -0.405. The first kappa shape index (κ1) is 25.5. The van der Waals surface area contributed by atoms with Crippen molar-refractivity contribution in [3.8, 4) is 5.75 Å². The van der Waals surface area contributed by atoms with Crippen LogP contribution >= 0.6 is 0 Å². The third-order valence-corrected chi connectivity index (χ3v) is 7.42. The number of nitrogens with one attached hydrogen (secondary N) is 1. The lowest BCUT2D eigenvalue weighted by Gasteiger charge is -2.27. The van der Waals surface area contributed by atoms with Crippen LogP contribution in [0.25, 0.3) is 0 Å². The number of hydrogen-bond acceptors (Lipinski definition) is 3. The number of carboxylic acid groups (broad SMARTS) is 1. The van der Waals surface area contributed by atoms with E-state index in [1.165, 1.54) is 6.07 Å². The van der Waals surface area contributed by atoms with E-state index in [0.29, 0.717) is 29.8 Å². The number of aliphatic carboxylic acids is 1. The molecule has 2 aliphatic carbocycles. The number of hydrogen-bond donors (Lipinski definition) is 2. The molecule has 0 aromatic heterocycles.